The lowest BCUT2D eigenvalue weighted by molar-refractivity contribution is 0.00652. The van der Waals surface area contributed by atoms with Crippen molar-refractivity contribution in [2.75, 3.05) is 32.8 Å². The summed E-state index contributed by atoms with van der Waals surface area (Å²) in [4.78, 5) is 14.2. The van der Waals surface area contributed by atoms with Crippen LogP contribution < -0.4 is 5.32 Å². The van der Waals surface area contributed by atoms with Gasteiger partial charge in [0.15, 0.2) is 0 Å². The molecule has 2 heterocycles. The van der Waals surface area contributed by atoms with Crippen molar-refractivity contribution in [1.82, 2.24) is 10.2 Å². The summed E-state index contributed by atoms with van der Waals surface area (Å²) < 4.78 is 11.1. The minimum atomic E-state index is -0.468. The van der Waals surface area contributed by atoms with E-state index in [0.717, 1.165) is 26.1 Å². The van der Waals surface area contributed by atoms with Gasteiger partial charge in [-0.05, 0) is 52.4 Å². The largest absolute Gasteiger partial charge is 0.444 e. The summed E-state index contributed by atoms with van der Waals surface area (Å²) in [6, 6.07) is 0.315. The molecule has 0 aromatic carbocycles. The minimum absolute atomic E-state index is 0.226. The number of aliphatic hydroxyl groups excluding tert-OH is 1. The molecule has 2 fully saturated rings. The van der Waals surface area contributed by atoms with E-state index in [4.69, 9.17) is 9.47 Å². The van der Waals surface area contributed by atoms with Gasteiger partial charge in [0.1, 0.15) is 5.60 Å². The molecular formula is C17H32N2O4. The third kappa shape index (κ3) is 5.62. The molecule has 2 saturated heterocycles. The van der Waals surface area contributed by atoms with Crippen LogP contribution in [0.1, 0.15) is 40.5 Å². The summed E-state index contributed by atoms with van der Waals surface area (Å²) in [7, 11) is 0. The Hall–Kier alpha value is -0.850. The van der Waals surface area contributed by atoms with Crippen LogP contribution in [-0.2, 0) is 9.47 Å². The molecule has 0 aromatic heterocycles. The van der Waals surface area contributed by atoms with Gasteiger partial charge in [0.2, 0.25) is 0 Å². The van der Waals surface area contributed by atoms with Gasteiger partial charge in [-0.2, -0.15) is 0 Å². The molecule has 1 amide bonds. The minimum Gasteiger partial charge on any atom is -0.444 e. The summed E-state index contributed by atoms with van der Waals surface area (Å²) >= 11 is 0. The van der Waals surface area contributed by atoms with Crippen molar-refractivity contribution in [1.29, 1.82) is 0 Å². The molecule has 2 aliphatic heterocycles. The summed E-state index contributed by atoms with van der Waals surface area (Å²) in [5, 5.41) is 13.0. The number of likely N-dealkylation sites (tertiary alicyclic amines) is 1. The van der Waals surface area contributed by atoms with Crippen LogP contribution in [-0.4, -0.2) is 66.7 Å². The van der Waals surface area contributed by atoms with Crippen molar-refractivity contribution in [3.8, 4) is 0 Å². The van der Waals surface area contributed by atoms with Gasteiger partial charge in [-0.1, -0.05) is 0 Å². The molecule has 23 heavy (non-hydrogen) atoms. The number of ether oxygens (including phenoxy) is 2. The van der Waals surface area contributed by atoms with Crippen LogP contribution in [0.3, 0.4) is 0 Å². The van der Waals surface area contributed by atoms with Crippen molar-refractivity contribution < 1.29 is 19.4 Å². The Kier molecular flexibility index (Phi) is 6.28. The molecule has 0 aliphatic carbocycles. The molecule has 0 aromatic rings. The maximum atomic E-state index is 12.4. The highest BCUT2D eigenvalue weighted by Crippen LogP contribution is 2.31. The maximum absolute atomic E-state index is 12.4. The van der Waals surface area contributed by atoms with Crippen molar-refractivity contribution in [3.05, 3.63) is 0 Å². The van der Waals surface area contributed by atoms with Gasteiger partial charge >= 0.3 is 6.09 Å². The molecule has 0 spiro atoms. The highest BCUT2D eigenvalue weighted by molar-refractivity contribution is 5.68. The second kappa shape index (κ2) is 7.81. The number of piperidine rings is 1. The molecule has 6 heteroatoms. The Morgan fingerprint density at radius 2 is 2.17 bits per heavy atom. The second-order valence-electron chi connectivity index (χ2n) is 7.87. The fourth-order valence-corrected chi connectivity index (χ4v) is 3.42. The molecule has 4 atom stereocenters. The first-order valence-electron chi connectivity index (χ1n) is 8.73. The van der Waals surface area contributed by atoms with Gasteiger partial charge in [0, 0.05) is 38.9 Å². The number of amides is 1. The van der Waals surface area contributed by atoms with Crippen LogP contribution in [0.5, 0.6) is 0 Å². The van der Waals surface area contributed by atoms with Crippen molar-refractivity contribution in [3.63, 3.8) is 0 Å². The summed E-state index contributed by atoms with van der Waals surface area (Å²) in [5.74, 6) is 0.809. The Bertz CT molecular complexity index is 389. The quantitative estimate of drug-likeness (QED) is 0.820. The van der Waals surface area contributed by atoms with E-state index < -0.39 is 5.60 Å². The van der Waals surface area contributed by atoms with Gasteiger partial charge in [-0.15, -0.1) is 0 Å². The molecule has 2 rings (SSSR count). The van der Waals surface area contributed by atoms with Gasteiger partial charge in [-0.25, -0.2) is 4.79 Å². The van der Waals surface area contributed by atoms with E-state index in [1.807, 2.05) is 25.7 Å². The van der Waals surface area contributed by atoms with Gasteiger partial charge in [-0.3, -0.25) is 0 Å². The number of nitrogens with one attached hydrogen (secondary N) is 1. The van der Waals surface area contributed by atoms with Gasteiger partial charge < -0.3 is 24.8 Å². The zero-order valence-corrected chi connectivity index (χ0v) is 14.9. The molecule has 4 unspecified atom stereocenters. The fraction of sp³-hybridized carbons (Fsp3) is 0.941. The lowest BCUT2D eigenvalue weighted by atomic mass is 9.81. The first kappa shape index (κ1) is 18.5. The SMILES string of the molecule is CC(O)CNC1CCN(C(=O)OC(C)(C)C)CC1C1CCOC1. The topological polar surface area (TPSA) is 71.0 Å². The van der Waals surface area contributed by atoms with Crippen molar-refractivity contribution in [2.45, 2.75) is 58.3 Å². The Balaban J connectivity index is 1.98. The van der Waals surface area contributed by atoms with Crippen LogP contribution in [0, 0.1) is 11.8 Å². The number of hydrogen-bond donors (Lipinski definition) is 2. The first-order chi connectivity index (χ1) is 10.8. The average molecular weight is 328 g/mol. The van der Waals surface area contributed by atoms with E-state index in [1.165, 1.54) is 0 Å². The number of hydrogen-bond acceptors (Lipinski definition) is 5. The Morgan fingerprint density at radius 1 is 1.43 bits per heavy atom. The normalized spacial score (nSPS) is 30.3. The average Bonchev–Trinajstić information content (AvgIpc) is 2.97. The summed E-state index contributed by atoms with van der Waals surface area (Å²) in [5.41, 5.74) is -0.468. The van der Waals surface area contributed by atoms with Crippen LogP contribution in [0.25, 0.3) is 0 Å². The van der Waals surface area contributed by atoms with Gasteiger partial charge in [0.05, 0.1) is 6.10 Å². The predicted molar refractivity (Wildman–Crippen MR) is 88.3 cm³/mol. The van der Waals surface area contributed by atoms with E-state index in [1.54, 1.807) is 6.92 Å². The third-order valence-corrected chi connectivity index (χ3v) is 4.56. The summed E-state index contributed by atoms with van der Waals surface area (Å²) in [6.45, 7) is 11.0. The zero-order chi connectivity index (χ0) is 17.0. The van der Waals surface area contributed by atoms with E-state index in [9.17, 15) is 9.90 Å². The lowest BCUT2D eigenvalue weighted by Gasteiger charge is -2.41. The standard InChI is InChI=1S/C17H32N2O4/c1-12(20)9-18-15-5-7-19(16(21)23-17(2,3)4)10-14(15)13-6-8-22-11-13/h12-15,18,20H,5-11H2,1-4H3. The number of aliphatic hydroxyl groups is 1. The molecule has 6 nitrogen and oxygen atoms in total. The molecule has 0 bridgehead atoms. The zero-order valence-electron chi connectivity index (χ0n) is 14.9. The highest BCUT2D eigenvalue weighted by atomic mass is 16.6. The highest BCUT2D eigenvalue weighted by Gasteiger charge is 2.38. The smallest absolute Gasteiger partial charge is 0.410 e. The summed E-state index contributed by atoms with van der Waals surface area (Å²) in [6.07, 6.45) is 1.34. The van der Waals surface area contributed by atoms with Crippen LogP contribution in [0.2, 0.25) is 0 Å². The molecule has 2 aliphatic rings. The number of carbonyl (C=O) groups excluding carboxylic acids is 1. The predicted octanol–water partition coefficient (Wildman–Crippen LogP) is 1.62. The number of carbonyl (C=O) groups is 1. The van der Waals surface area contributed by atoms with Crippen LogP contribution >= 0.6 is 0 Å². The Morgan fingerprint density at radius 3 is 2.74 bits per heavy atom. The number of nitrogens with zero attached hydrogens (tertiary/aromatic N) is 1. The van der Waals surface area contributed by atoms with Gasteiger partial charge in [0.25, 0.3) is 0 Å². The van der Waals surface area contributed by atoms with E-state index in [2.05, 4.69) is 5.32 Å². The van der Waals surface area contributed by atoms with Crippen LogP contribution in [0.15, 0.2) is 0 Å². The van der Waals surface area contributed by atoms with E-state index in [0.29, 0.717) is 37.5 Å². The van der Waals surface area contributed by atoms with Crippen LogP contribution in [0.4, 0.5) is 4.79 Å². The number of rotatable bonds is 4. The second-order valence-corrected chi connectivity index (χ2v) is 7.87. The first-order valence-corrected chi connectivity index (χ1v) is 8.73. The molecule has 0 saturated carbocycles. The molecule has 134 valence electrons. The molecule has 0 radical (unpaired) electrons. The van der Waals surface area contributed by atoms with E-state index in [-0.39, 0.29) is 12.2 Å². The maximum Gasteiger partial charge on any atom is 0.410 e. The molecular weight excluding hydrogens is 296 g/mol. The van der Waals surface area contributed by atoms with Crippen molar-refractivity contribution in [2.24, 2.45) is 11.8 Å². The van der Waals surface area contributed by atoms with E-state index >= 15 is 0 Å². The lowest BCUT2D eigenvalue weighted by Crippen LogP contribution is -2.55. The monoisotopic (exact) mass is 328 g/mol. The molecule has 2 N–H and O–H groups in total. The van der Waals surface area contributed by atoms with Crippen molar-refractivity contribution >= 4 is 6.09 Å². The fourth-order valence-electron chi connectivity index (χ4n) is 3.42. The third-order valence-electron chi connectivity index (χ3n) is 4.56. The Labute approximate surface area is 139 Å².